The van der Waals surface area contributed by atoms with Crippen LogP contribution in [0.2, 0.25) is 0 Å². The van der Waals surface area contributed by atoms with Gasteiger partial charge in [-0.05, 0) is 31.2 Å². The molecule has 2 fully saturated rings. The topological polar surface area (TPSA) is 62.4 Å². The van der Waals surface area contributed by atoms with Crippen LogP contribution in [-0.4, -0.2) is 36.9 Å². The minimum atomic E-state index is -0.217. The van der Waals surface area contributed by atoms with Gasteiger partial charge in [-0.15, -0.1) is 0 Å². The molecule has 2 saturated heterocycles. The maximum atomic E-state index is 11.9. The van der Waals surface area contributed by atoms with Crippen LogP contribution in [0.15, 0.2) is 36.5 Å². The Kier molecular flexibility index (Phi) is 2.97. The zero-order valence-corrected chi connectivity index (χ0v) is 11.8. The molecular formula is C16H19N3O2. The number of anilines is 1. The van der Waals surface area contributed by atoms with Gasteiger partial charge >= 0.3 is 0 Å². The smallest absolute Gasteiger partial charge is 0.225 e. The zero-order valence-electron chi connectivity index (χ0n) is 11.8. The molecule has 3 atom stereocenters. The second-order valence-corrected chi connectivity index (χ2v) is 6.06. The molecule has 0 aliphatic carbocycles. The second kappa shape index (κ2) is 4.86. The molecule has 0 amide bonds. The molecule has 0 bridgehead atoms. The van der Waals surface area contributed by atoms with Crippen molar-refractivity contribution in [3.05, 3.63) is 41.7 Å². The first-order chi connectivity index (χ1) is 10.2. The number of rotatable bonds is 1. The molecule has 110 valence electrons. The van der Waals surface area contributed by atoms with Crippen LogP contribution in [0.5, 0.6) is 0 Å². The standard InChI is InChI=1S/C16H19N3O2/c20-16-5-6-17-14-10-18(9-13(14)16)12-4-3-11-2-1-7-19(21)15(11)8-12/h1-4,7-8,13-14,16-17,20H,5-6,9-10H2. The van der Waals surface area contributed by atoms with E-state index >= 15 is 0 Å². The van der Waals surface area contributed by atoms with Gasteiger partial charge in [0.05, 0.1) is 6.10 Å². The molecular weight excluding hydrogens is 266 g/mol. The lowest BCUT2D eigenvalue weighted by molar-refractivity contribution is -0.576. The van der Waals surface area contributed by atoms with Crippen LogP contribution in [0.1, 0.15) is 6.42 Å². The summed E-state index contributed by atoms with van der Waals surface area (Å²) in [6, 6.07) is 10.1. The molecule has 1 aromatic heterocycles. The number of hydrogen-bond acceptors (Lipinski definition) is 4. The van der Waals surface area contributed by atoms with E-state index in [2.05, 4.69) is 16.3 Å². The van der Waals surface area contributed by atoms with Crippen molar-refractivity contribution in [2.24, 2.45) is 5.92 Å². The molecule has 2 aliphatic rings. The molecule has 2 aromatic rings. The fourth-order valence-electron chi connectivity index (χ4n) is 3.64. The number of hydrogen-bond donors (Lipinski definition) is 2. The van der Waals surface area contributed by atoms with E-state index in [1.165, 1.54) is 6.20 Å². The van der Waals surface area contributed by atoms with Crippen LogP contribution in [0.4, 0.5) is 5.69 Å². The van der Waals surface area contributed by atoms with E-state index in [4.69, 9.17) is 0 Å². The summed E-state index contributed by atoms with van der Waals surface area (Å²) in [6.45, 7) is 2.61. The Hall–Kier alpha value is -1.85. The molecule has 21 heavy (non-hydrogen) atoms. The lowest BCUT2D eigenvalue weighted by Gasteiger charge is -2.29. The van der Waals surface area contributed by atoms with Gasteiger partial charge in [-0.1, -0.05) is 0 Å². The van der Waals surface area contributed by atoms with Crippen LogP contribution in [0.25, 0.3) is 10.9 Å². The summed E-state index contributed by atoms with van der Waals surface area (Å²) in [5, 5.41) is 26.5. The summed E-state index contributed by atoms with van der Waals surface area (Å²) in [6.07, 6.45) is 2.14. The van der Waals surface area contributed by atoms with Gasteiger partial charge in [-0.2, -0.15) is 4.73 Å². The van der Waals surface area contributed by atoms with Gasteiger partial charge < -0.3 is 20.5 Å². The number of nitrogens with zero attached hydrogens (tertiary/aromatic N) is 2. The zero-order chi connectivity index (χ0) is 14.4. The quantitative estimate of drug-likeness (QED) is 0.596. The van der Waals surface area contributed by atoms with Gasteiger partial charge in [0.25, 0.3) is 0 Å². The van der Waals surface area contributed by atoms with E-state index in [-0.39, 0.29) is 12.0 Å². The largest absolute Gasteiger partial charge is 0.618 e. The van der Waals surface area contributed by atoms with Crippen molar-refractivity contribution >= 4 is 16.6 Å². The van der Waals surface area contributed by atoms with Crippen molar-refractivity contribution in [2.75, 3.05) is 24.5 Å². The van der Waals surface area contributed by atoms with Gasteiger partial charge in [-0.25, -0.2) is 0 Å². The fourth-order valence-corrected chi connectivity index (χ4v) is 3.64. The first-order valence-electron chi connectivity index (χ1n) is 7.51. The highest BCUT2D eigenvalue weighted by molar-refractivity contribution is 5.79. The Morgan fingerprint density at radius 1 is 1.29 bits per heavy atom. The lowest BCUT2D eigenvalue weighted by atomic mass is 9.91. The molecule has 2 N–H and O–H groups in total. The third-order valence-electron chi connectivity index (χ3n) is 4.82. The number of aliphatic hydroxyl groups is 1. The van der Waals surface area contributed by atoms with E-state index in [9.17, 15) is 10.3 Å². The minimum Gasteiger partial charge on any atom is -0.618 e. The van der Waals surface area contributed by atoms with Crippen molar-refractivity contribution in [3.8, 4) is 0 Å². The highest BCUT2D eigenvalue weighted by atomic mass is 16.5. The predicted octanol–water partition coefficient (Wildman–Crippen LogP) is 0.632. The Morgan fingerprint density at radius 2 is 2.19 bits per heavy atom. The summed E-state index contributed by atoms with van der Waals surface area (Å²) < 4.78 is 0.912. The van der Waals surface area contributed by atoms with E-state index in [0.717, 1.165) is 41.9 Å². The van der Waals surface area contributed by atoms with Gasteiger partial charge in [-0.3, -0.25) is 0 Å². The highest BCUT2D eigenvalue weighted by Crippen LogP contribution is 2.30. The Balaban J connectivity index is 1.66. The summed E-state index contributed by atoms with van der Waals surface area (Å²) in [5.41, 5.74) is 1.75. The third kappa shape index (κ3) is 2.13. The summed E-state index contributed by atoms with van der Waals surface area (Å²) in [4.78, 5) is 2.27. The second-order valence-electron chi connectivity index (χ2n) is 6.06. The SMILES string of the molecule is [O-][n+]1cccc2ccc(N3CC4NCCC(O)C4C3)cc21. The molecule has 5 nitrogen and oxygen atoms in total. The van der Waals surface area contributed by atoms with Crippen molar-refractivity contribution in [1.29, 1.82) is 0 Å². The van der Waals surface area contributed by atoms with E-state index in [1.54, 1.807) is 6.07 Å². The maximum absolute atomic E-state index is 11.9. The van der Waals surface area contributed by atoms with Crippen LogP contribution < -0.4 is 14.9 Å². The van der Waals surface area contributed by atoms with E-state index < -0.39 is 0 Å². The average Bonchev–Trinajstić information content (AvgIpc) is 2.93. The first kappa shape index (κ1) is 12.9. The Labute approximate surface area is 123 Å². The van der Waals surface area contributed by atoms with Crippen LogP contribution in [-0.2, 0) is 0 Å². The first-order valence-corrected chi connectivity index (χ1v) is 7.51. The van der Waals surface area contributed by atoms with Crippen LogP contribution in [0, 0.1) is 11.1 Å². The molecule has 4 rings (SSSR count). The van der Waals surface area contributed by atoms with Crippen LogP contribution in [0.3, 0.4) is 0 Å². The molecule has 1 aromatic carbocycles. The highest BCUT2D eigenvalue weighted by Gasteiger charge is 2.39. The molecule has 5 heteroatoms. The fraction of sp³-hybridized carbons (Fsp3) is 0.438. The number of aromatic nitrogens is 1. The van der Waals surface area contributed by atoms with Crippen molar-refractivity contribution in [3.63, 3.8) is 0 Å². The Bertz CT molecular complexity index is 676. The van der Waals surface area contributed by atoms with Gasteiger partial charge in [0, 0.05) is 48.3 Å². The van der Waals surface area contributed by atoms with Gasteiger partial charge in [0.1, 0.15) is 0 Å². The number of pyridine rings is 1. The molecule has 3 unspecified atom stereocenters. The van der Waals surface area contributed by atoms with Gasteiger partial charge in [0.15, 0.2) is 6.20 Å². The van der Waals surface area contributed by atoms with E-state index in [1.807, 2.05) is 18.2 Å². The molecule has 0 spiro atoms. The number of piperidine rings is 1. The monoisotopic (exact) mass is 285 g/mol. The van der Waals surface area contributed by atoms with Crippen molar-refractivity contribution in [2.45, 2.75) is 18.6 Å². The van der Waals surface area contributed by atoms with Gasteiger partial charge in [0.2, 0.25) is 5.52 Å². The summed E-state index contributed by atoms with van der Waals surface area (Å²) in [5.74, 6) is 0.282. The van der Waals surface area contributed by atoms with Crippen molar-refractivity contribution in [1.82, 2.24) is 5.32 Å². The molecule has 2 aliphatic heterocycles. The summed E-state index contributed by atoms with van der Waals surface area (Å²) in [7, 11) is 0. The number of benzene rings is 1. The lowest BCUT2D eigenvalue weighted by Crippen LogP contribution is -2.47. The summed E-state index contributed by atoms with van der Waals surface area (Å²) >= 11 is 0. The maximum Gasteiger partial charge on any atom is 0.225 e. The van der Waals surface area contributed by atoms with Crippen molar-refractivity contribution < 1.29 is 9.84 Å². The number of nitrogens with one attached hydrogen (secondary N) is 1. The minimum absolute atomic E-state index is 0.217. The van der Waals surface area contributed by atoms with E-state index in [0.29, 0.717) is 11.6 Å². The number of fused-ring (bicyclic) bond motifs is 2. The molecule has 0 saturated carbocycles. The van der Waals surface area contributed by atoms with Crippen LogP contribution >= 0.6 is 0 Å². The predicted molar refractivity (Wildman–Crippen MR) is 81.0 cm³/mol. The normalized spacial score (nSPS) is 28.8. The Morgan fingerprint density at radius 3 is 3.05 bits per heavy atom. The molecule has 3 heterocycles. The average molecular weight is 285 g/mol. The molecule has 0 radical (unpaired) electrons. The number of aliphatic hydroxyl groups excluding tert-OH is 1. The third-order valence-corrected chi connectivity index (χ3v) is 4.82.